The van der Waals surface area contributed by atoms with Crippen LogP contribution in [0.2, 0.25) is 5.02 Å². The molecule has 2 rings (SSSR count). The molecule has 0 fully saturated rings. The molecule has 1 atom stereocenters. The third-order valence-electron chi connectivity index (χ3n) is 3.24. The van der Waals surface area contributed by atoms with Crippen molar-refractivity contribution in [3.05, 3.63) is 46.2 Å². The molecular weight excluding hydrogens is 246 g/mol. The normalized spacial score (nSPS) is 12.5. The molecule has 4 heteroatoms. The minimum absolute atomic E-state index is 0.226. The van der Waals surface area contributed by atoms with E-state index < -0.39 is 0 Å². The van der Waals surface area contributed by atoms with E-state index in [1.54, 1.807) is 0 Å². The molecule has 0 amide bonds. The van der Waals surface area contributed by atoms with E-state index in [0.29, 0.717) is 0 Å². The van der Waals surface area contributed by atoms with E-state index in [0.717, 1.165) is 22.1 Å². The van der Waals surface area contributed by atoms with E-state index in [-0.39, 0.29) is 6.04 Å². The number of benzene rings is 1. The van der Waals surface area contributed by atoms with Crippen molar-refractivity contribution in [2.24, 2.45) is 7.05 Å². The lowest BCUT2D eigenvalue weighted by Crippen LogP contribution is -2.08. The van der Waals surface area contributed by atoms with Crippen LogP contribution in [-0.4, -0.2) is 9.78 Å². The zero-order chi connectivity index (χ0) is 13.3. The molecule has 0 bridgehead atoms. The highest BCUT2D eigenvalue weighted by molar-refractivity contribution is 6.30. The van der Waals surface area contributed by atoms with Crippen LogP contribution < -0.4 is 5.32 Å². The lowest BCUT2D eigenvalue weighted by Gasteiger charge is -2.16. The van der Waals surface area contributed by atoms with Gasteiger partial charge < -0.3 is 5.32 Å². The summed E-state index contributed by atoms with van der Waals surface area (Å²) >= 11 is 5.90. The summed E-state index contributed by atoms with van der Waals surface area (Å²) < 4.78 is 1.90. The third kappa shape index (κ3) is 2.51. The Morgan fingerprint density at radius 3 is 2.33 bits per heavy atom. The molecule has 0 radical (unpaired) electrons. The molecule has 1 aromatic heterocycles. The first kappa shape index (κ1) is 13.0. The van der Waals surface area contributed by atoms with Gasteiger partial charge in [-0.25, -0.2) is 0 Å². The van der Waals surface area contributed by atoms with E-state index in [4.69, 9.17) is 11.6 Å². The second-order valence-electron chi connectivity index (χ2n) is 4.59. The maximum Gasteiger partial charge on any atom is 0.0828 e. The second-order valence-corrected chi connectivity index (χ2v) is 5.02. The first-order valence-electron chi connectivity index (χ1n) is 6.01. The molecule has 2 aromatic rings. The number of rotatable bonds is 3. The van der Waals surface area contributed by atoms with Crippen LogP contribution in [0.25, 0.3) is 0 Å². The molecule has 1 N–H and O–H groups in total. The molecule has 1 heterocycles. The summed E-state index contributed by atoms with van der Waals surface area (Å²) in [5.41, 5.74) is 4.49. The molecular formula is C14H18ClN3. The number of hydrogen-bond acceptors (Lipinski definition) is 2. The lowest BCUT2D eigenvalue weighted by atomic mass is 10.1. The van der Waals surface area contributed by atoms with Crippen LogP contribution in [0.1, 0.15) is 29.9 Å². The van der Waals surface area contributed by atoms with Gasteiger partial charge in [0.25, 0.3) is 0 Å². The molecule has 0 saturated heterocycles. The van der Waals surface area contributed by atoms with E-state index in [9.17, 15) is 0 Å². The Morgan fingerprint density at radius 2 is 1.83 bits per heavy atom. The molecule has 3 nitrogen and oxygen atoms in total. The highest BCUT2D eigenvalue weighted by Gasteiger charge is 2.12. The van der Waals surface area contributed by atoms with E-state index >= 15 is 0 Å². The van der Waals surface area contributed by atoms with E-state index in [2.05, 4.69) is 24.3 Å². The molecule has 18 heavy (non-hydrogen) atoms. The Morgan fingerprint density at radius 1 is 1.22 bits per heavy atom. The van der Waals surface area contributed by atoms with Gasteiger partial charge in [0.2, 0.25) is 0 Å². The molecule has 1 aromatic carbocycles. The fourth-order valence-corrected chi connectivity index (χ4v) is 2.16. The van der Waals surface area contributed by atoms with Crippen molar-refractivity contribution in [1.82, 2.24) is 9.78 Å². The maximum atomic E-state index is 5.90. The Bertz CT molecular complexity index is 543. The van der Waals surface area contributed by atoms with Crippen LogP contribution in [-0.2, 0) is 7.05 Å². The molecule has 96 valence electrons. The predicted molar refractivity (Wildman–Crippen MR) is 76.2 cm³/mol. The van der Waals surface area contributed by atoms with Crippen LogP contribution in [0.15, 0.2) is 24.3 Å². The van der Waals surface area contributed by atoms with Crippen molar-refractivity contribution in [1.29, 1.82) is 0 Å². The summed E-state index contributed by atoms with van der Waals surface area (Å²) in [6.07, 6.45) is 0. The summed E-state index contributed by atoms with van der Waals surface area (Å²) in [5, 5.41) is 8.68. The van der Waals surface area contributed by atoms with Gasteiger partial charge in [-0.1, -0.05) is 23.7 Å². The lowest BCUT2D eigenvalue weighted by molar-refractivity contribution is 0.731. The van der Waals surface area contributed by atoms with Gasteiger partial charge in [-0.05, 0) is 38.5 Å². The van der Waals surface area contributed by atoms with Crippen LogP contribution in [0, 0.1) is 13.8 Å². The molecule has 1 unspecified atom stereocenters. The van der Waals surface area contributed by atoms with Gasteiger partial charge in [-0.3, -0.25) is 4.68 Å². The molecule has 0 saturated carbocycles. The van der Waals surface area contributed by atoms with Crippen molar-refractivity contribution in [3.8, 4) is 0 Å². The number of anilines is 1. The summed E-state index contributed by atoms with van der Waals surface area (Å²) in [7, 11) is 1.96. The Labute approximate surface area is 113 Å². The number of aryl methyl sites for hydroxylation is 2. The summed E-state index contributed by atoms with van der Waals surface area (Å²) in [6.45, 7) is 6.22. The topological polar surface area (TPSA) is 29.9 Å². The standard InChI is InChI=1S/C14H18ClN3/c1-9(12-5-7-13(15)8-6-12)16-14-10(2)17-18(4)11(14)3/h5-9,16H,1-4H3. The van der Waals surface area contributed by atoms with Crippen molar-refractivity contribution in [2.45, 2.75) is 26.8 Å². The largest absolute Gasteiger partial charge is 0.376 e. The van der Waals surface area contributed by atoms with Crippen molar-refractivity contribution >= 4 is 17.3 Å². The van der Waals surface area contributed by atoms with Crippen LogP contribution >= 0.6 is 11.6 Å². The number of halogens is 1. The predicted octanol–water partition coefficient (Wildman–Crippen LogP) is 3.86. The van der Waals surface area contributed by atoms with Gasteiger partial charge in [0.15, 0.2) is 0 Å². The Kier molecular flexibility index (Phi) is 3.62. The fourth-order valence-electron chi connectivity index (χ4n) is 2.03. The van der Waals surface area contributed by atoms with E-state index in [1.807, 2.05) is 42.9 Å². The SMILES string of the molecule is Cc1nn(C)c(C)c1NC(C)c1ccc(Cl)cc1. The second kappa shape index (κ2) is 5.02. The van der Waals surface area contributed by atoms with Crippen molar-refractivity contribution in [3.63, 3.8) is 0 Å². The first-order chi connectivity index (χ1) is 8.49. The highest BCUT2D eigenvalue weighted by atomic mass is 35.5. The fraction of sp³-hybridized carbons (Fsp3) is 0.357. The van der Waals surface area contributed by atoms with Gasteiger partial charge in [-0.15, -0.1) is 0 Å². The summed E-state index contributed by atoms with van der Waals surface area (Å²) in [5.74, 6) is 0. The van der Waals surface area contributed by atoms with Gasteiger partial charge in [0.05, 0.1) is 17.1 Å². The zero-order valence-electron chi connectivity index (χ0n) is 11.2. The summed E-state index contributed by atoms with van der Waals surface area (Å²) in [4.78, 5) is 0. The third-order valence-corrected chi connectivity index (χ3v) is 3.49. The Hall–Kier alpha value is -1.48. The van der Waals surface area contributed by atoms with Gasteiger partial charge in [0.1, 0.15) is 0 Å². The maximum absolute atomic E-state index is 5.90. The van der Waals surface area contributed by atoms with Gasteiger partial charge >= 0.3 is 0 Å². The number of nitrogens with one attached hydrogen (secondary N) is 1. The minimum Gasteiger partial charge on any atom is -0.376 e. The van der Waals surface area contributed by atoms with Crippen molar-refractivity contribution in [2.75, 3.05) is 5.32 Å². The summed E-state index contributed by atoms with van der Waals surface area (Å²) in [6, 6.07) is 8.14. The minimum atomic E-state index is 0.226. The average Bonchev–Trinajstić information content (AvgIpc) is 2.57. The Balaban J connectivity index is 2.21. The number of aromatic nitrogens is 2. The average molecular weight is 264 g/mol. The first-order valence-corrected chi connectivity index (χ1v) is 6.39. The quantitative estimate of drug-likeness (QED) is 0.911. The van der Waals surface area contributed by atoms with Crippen molar-refractivity contribution < 1.29 is 0 Å². The smallest absolute Gasteiger partial charge is 0.0828 e. The zero-order valence-corrected chi connectivity index (χ0v) is 11.9. The molecule has 0 spiro atoms. The number of hydrogen-bond donors (Lipinski definition) is 1. The van der Waals surface area contributed by atoms with Crippen LogP contribution in [0.3, 0.4) is 0 Å². The van der Waals surface area contributed by atoms with Crippen LogP contribution in [0.4, 0.5) is 5.69 Å². The van der Waals surface area contributed by atoms with Crippen LogP contribution in [0.5, 0.6) is 0 Å². The molecule has 0 aliphatic heterocycles. The molecule has 0 aliphatic carbocycles. The highest BCUT2D eigenvalue weighted by Crippen LogP contribution is 2.25. The van der Waals surface area contributed by atoms with E-state index in [1.165, 1.54) is 5.56 Å². The molecule has 0 aliphatic rings. The number of nitrogens with zero attached hydrogens (tertiary/aromatic N) is 2. The van der Waals surface area contributed by atoms with Gasteiger partial charge in [0, 0.05) is 18.1 Å². The monoisotopic (exact) mass is 263 g/mol. The van der Waals surface area contributed by atoms with Gasteiger partial charge in [-0.2, -0.15) is 5.10 Å².